The van der Waals surface area contributed by atoms with E-state index in [0.29, 0.717) is 31.5 Å². The van der Waals surface area contributed by atoms with Gasteiger partial charge in [-0.25, -0.2) is 8.42 Å². The van der Waals surface area contributed by atoms with Gasteiger partial charge in [0.1, 0.15) is 22.5 Å². The van der Waals surface area contributed by atoms with Crippen molar-refractivity contribution in [2.24, 2.45) is 0 Å². The Hall–Kier alpha value is -1.89. The minimum atomic E-state index is -4.42. The Morgan fingerprint density at radius 3 is 2.20 bits per heavy atom. The van der Waals surface area contributed by atoms with Crippen LogP contribution in [0.1, 0.15) is 37.3 Å². The SMILES string of the molecule is CCC(C)c1ccc(COCCOc2ccc(S(=O)(=O)[O-])cc2)cc1. The highest BCUT2D eigenvalue weighted by atomic mass is 32.2. The van der Waals surface area contributed by atoms with Crippen molar-refractivity contribution in [3.05, 3.63) is 59.7 Å². The first-order chi connectivity index (χ1) is 11.9. The summed E-state index contributed by atoms with van der Waals surface area (Å²) >= 11 is 0. The number of hydrogen-bond acceptors (Lipinski definition) is 5. The molecular weight excluding hydrogens is 340 g/mol. The van der Waals surface area contributed by atoms with E-state index in [1.54, 1.807) is 0 Å². The molecule has 0 saturated heterocycles. The van der Waals surface area contributed by atoms with Crippen LogP contribution in [-0.2, 0) is 21.5 Å². The van der Waals surface area contributed by atoms with Crippen molar-refractivity contribution in [2.75, 3.05) is 13.2 Å². The van der Waals surface area contributed by atoms with Crippen LogP contribution in [0.25, 0.3) is 0 Å². The lowest BCUT2D eigenvalue weighted by Gasteiger charge is -2.11. The first-order valence-electron chi connectivity index (χ1n) is 8.25. The molecule has 2 aromatic carbocycles. The maximum absolute atomic E-state index is 10.8. The molecule has 1 unspecified atom stereocenters. The molecule has 0 spiro atoms. The Bertz CT molecular complexity index is 751. The molecule has 6 heteroatoms. The van der Waals surface area contributed by atoms with Gasteiger partial charge in [0.25, 0.3) is 0 Å². The van der Waals surface area contributed by atoms with Gasteiger partial charge in [-0.3, -0.25) is 0 Å². The van der Waals surface area contributed by atoms with Crippen molar-refractivity contribution in [3.63, 3.8) is 0 Å². The molecule has 0 aliphatic carbocycles. The van der Waals surface area contributed by atoms with Gasteiger partial charge in [0, 0.05) is 0 Å². The number of rotatable bonds is 9. The van der Waals surface area contributed by atoms with Crippen molar-refractivity contribution < 1.29 is 22.4 Å². The maximum Gasteiger partial charge on any atom is 0.124 e. The normalized spacial score (nSPS) is 12.8. The maximum atomic E-state index is 10.8. The monoisotopic (exact) mass is 363 g/mol. The Morgan fingerprint density at radius 1 is 1.00 bits per heavy atom. The minimum absolute atomic E-state index is 0.267. The van der Waals surface area contributed by atoms with Gasteiger partial charge < -0.3 is 14.0 Å². The van der Waals surface area contributed by atoms with E-state index in [1.165, 1.54) is 29.8 Å². The zero-order valence-electron chi connectivity index (χ0n) is 14.5. The topological polar surface area (TPSA) is 75.7 Å². The fourth-order valence-electron chi connectivity index (χ4n) is 2.29. The third-order valence-corrected chi connectivity index (χ3v) is 4.89. The second kappa shape index (κ2) is 8.99. The van der Waals surface area contributed by atoms with E-state index in [4.69, 9.17) is 9.47 Å². The van der Waals surface area contributed by atoms with Crippen molar-refractivity contribution in [1.82, 2.24) is 0 Å². The molecular formula is C19H23O5S-. The van der Waals surface area contributed by atoms with E-state index >= 15 is 0 Å². The first kappa shape index (κ1) is 19.4. The smallest absolute Gasteiger partial charge is 0.124 e. The van der Waals surface area contributed by atoms with E-state index in [-0.39, 0.29) is 4.90 Å². The van der Waals surface area contributed by atoms with Gasteiger partial charge in [-0.05, 0) is 47.7 Å². The summed E-state index contributed by atoms with van der Waals surface area (Å²) in [5, 5.41) is 0. The van der Waals surface area contributed by atoms with Crippen molar-refractivity contribution >= 4 is 10.1 Å². The molecule has 136 valence electrons. The van der Waals surface area contributed by atoms with E-state index in [1.807, 2.05) is 0 Å². The average Bonchev–Trinajstić information content (AvgIpc) is 2.61. The van der Waals surface area contributed by atoms with Crippen LogP contribution < -0.4 is 4.74 Å². The second-order valence-electron chi connectivity index (χ2n) is 5.88. The van der Waals surface area contributed by atoms with Crippen LogP contribution in [-0.4, -0.2) is 26.2 Å². The van der Waals surface area contributed by atoms with Gasteiger partial charge in [-0.1, -0.05) is 38.1 Å². The molecule has 1 atom stereocenters. The van der Waals surface area contributed by atoms with Gasteiger partial charge in [-0.15, -0.1) is 0 Å². The fourth-order valence-corrected chi connectivity index (χ4v) is 2.76. The third-order valence-electron chi connectivity index (χ3n) is 4.04. The van der Waals surface area contributed by atoms with Crippen LogP contribution in [0.4, 0.5) is 0 Å². The predicted octanol–water partition coefficient (Wildman–Crippen LogP) is 3.70. The van der Waals surface area contributed by atoms with Gasteiger partial charge >= 0.3 is 0 Å². The lowest BCUT2D eigenvalue weighted by Crippen LogP contribution is -2.07. The molecule has 2 aromatic rings. The van der Waals surface area contributed by atoms with E-state index < -0.39 is 10.1 Å². The van der Waals surface area contributed by atoms with E-state index in [2.05, 4.69) is 38.1 Å². The molecule has 0 bridgehead atoms. The number of hydrogen-bond donors (Lipinski definition) is 0. The molecule has 0 aromatic heterocycles. The first-order valence-corrected chi connectivity index (χ1v) is 9.66. The van der Waals surface area contributed by atoms with Crippen LogP contribution in [0.15, 0.2) is 53.4 Å². The Kier molecular flexibility index (Phi) is 6.99. The molecule has 0 amide bonds. The molecule has 5 nitrogen and oxygen atoms in total. The van der Waals surface area contributed by atoms with Crippen LogP contribution in [0.3, 0.4) is 0 Å². The van der Waals surface area contributed by atoms with E-state index in [0.717, 1.165) is 12.0 Å². The van der Waals surface area contributed by atoms with Crippen molar-refractivity contribution in [1.29, 1.82) is 0 Å². The fraction of sp³-hybridized carbons (Fsp3) is 0.368. The minimum Gasteiger partial charge on any atom is -0.744 e. The van der Waals surface area contributed by atoms with Gasteiger partial charge in [0.2, 0.25) is 0 Å². The zero-order valence-corrected chi connectivity index (χ0v) is 15.3. The quantitative estimate of drug-likeness (QED) is 0.501. The summed E-state index contributed by atoms with van der Waals surface area (Å²) in [5.41, 5.74) is 2.44. The Morgan fingerprint density at radius 2 is 1.64 bits per heavy atom. The summed E-state index contributed by atoms with van der Waals surface area (Å²) in [6, 6.07) is 13.8. The predicted molar refractivity (Wildman–Crippen MR) is 94.7 cm³/mol. The molecule has 0 N–H and O–H groups in total. The Balaban J connectivity index is 1.71. The molecule has 0 radical (unpaired) electrons. The average molecular weight is 363 g/mol. The van der Waals surface area contributed by atoms with E-state index in [9.17, 15) is 13.0 Å². The summed E-state index contributed by atoms with van der Waals surface area (Å²) in [7, 11) is -4.42. The second-order valence-corrected chi connectivity index (χ2v) is 7.26. The summed E-state index contributed by atoms with van der Waals surface area (Å²) in [6.45, 7) is 5.65. The molecule has 0 aliphatic heterocycles. The summed E-state index contributed by atoms with van der Waals surface area (Å²) in [5.74, 6) is 1.06. The third kappa shape index (κ3) is 6.16. The lowest BCUT2D eigenvalue weighted by molar-refractivity contribution is 0.0889. The highest BCUT2D eigenvalue weighted by Crippen LogP contribution is 2.19. The molecule has 0 saturated carbocycles. The standard InChI is InChI=1S/C19H24O5S/c1-3-15(2)17-6-4-16(5-7-17)14-23-12-13-24-18-8-10-19(11-9-18)25(20,21)22/h4-11,15H,3,12-14H2,1-2H3,(H,20,21,22)/p-1. The van der Waals surface area contributed by atoms with Crippen LogP contribution in [0.2, 0.25) is 0 Å². The molecule has 25 heavy (non-hydrogen) atoms. The number of ether oxygens (including phenoxy) is 2. The molecule has 2 rings (SSSR count). The van der Waals surface area contributed by atoms with Crippen LogP contribution in [0, 0.1) is 0 Å². The largest absolute Gasteiger partial charge is 0.744 e. The summed E-state index contributed by atoms with van der Waals surface area (Å²) < 4.78 is 43.5. The van der Waals surface area contributed by atoms with Crippen LogP contribution in [0.5, 0.6) is 5.75 Å². The van der Waals surface area contributed by atoms with Gasteiger partial charge in [0.05, 0.1) is 18.1 Å². The molecule has 0 heterocycles. The molecule has 0 fully saturated rings. The summed E-state index contributed by atoms with van der Waals surface area (Å²) in [6.07, 6.45) is 1.12. The Labute approximate surface area is 149 Å². The summed E-state index contributed by atoms with van der Waals surface area (Å²) in [4.78, 5) is -0.267. The zero-order chi connectivity index (χ0) is 18.3. The van der Waals surface area contributed by atoms with Crippen LogP contribution >= 0.6 is 0 Å². The van der Waals surface area contributed by atoms with Crippen molar-refractivity contribution in [3.8, 4) is 5.75 Å². The molecule has 0 aliphatic rings. The number of benzene rings is 2. The lowest BCUT2D eigenvalue weighted by atomic mass is 9.98. The van der Waals surface area contributed by atoms with Gasteiger partial charge in [-0.2, -0.15) is 0 Å². The highest BCUT2D eigenvalue weighted by Gasteiger charge is 2.03. The highest BCUT2D eigenvalue weighted by molar-refractivity contribution is 7.85. The van der Waals surface area contributed by atoms with Crippen molar-refractivity contribution in [2.45, 2.75) is 37.7 Å². The van der Waals surface area contributed by atoms with Gasteiger partial charge in [0.15, 0.2) is 0 Å².